The molecule has 0 aliphatic carbocycles. The zero-order valence-corrected chi connectivity index (χ0v) is 22.0. The first-order chi connectivity index (χ1) is 16.3. The van der Waals surface area contributed by atoms with Crippen molar-refractivity contribution < 1.29 is 17.9 Å². The third-order valence-corrected chi connectivity index (χ3v) is 8.87. The summed E-state index contributed by atoms with van der Waals surface area (Å²) in [6.07, 6.45) is 1.55. The number of anilines is 1. The average Bonchev–Trinajstić information content (AvgIpc) is 3.24. The smallest absolute Gasteiger partial charge is 0.229 e. The molecule has 11 heteroatoms. The molecule has 1 aliphatic heterocycles. The average molecular weight is 540 g/mol. The molecule has 2 aromatic carbocycles. The number of thiazole rings is 1. The van der Waals surface area contributed by atoms with Gasteiger partial charge in [0.05, 0.1) is 28.3 Å². The topological polar surface area (TPSA) is 79.8 Å². The number of carbonyl (C=O) groups is 1. The number of rotatable bonds is 9. The Balaban J connectivity index is 1.50. The summed E-state index contributed by atoms with van der Waals surface area (Å²) in [5, 5.41) is 1.28. The van der Waals surface area contributed by atoms with Crippen molar-refractivity contribution in [2.24, 2.45) is 0 Å². The minimum atomic E-state index is -3.32. The summed E-state index contributed by atoms with van der Waals surface area (Å²) in [7, 11) is -3.32. The van der Waals surface area contributed by atoms with Crippen LogP contribution in [0.2, 0.25) is 5.02 Å². The standard InChI is InChI=1S/C23H26ClN3O4S3/c1-34(29,30)19-6-7-20-21(16-19)33-23(25-20)27(10-9-26-11-13-31-14-12-26)22(28)8-15-32-18-4-2-17(24)3-5-18/h2-7,16H,8-15H2,1H3. The highest BCUT2D eigenvalue weighted by Crippen LogP contribution is 2.31. The molecule has 1 saturated heterocycles. The van der Waals surface area contributed by atoms with Crippen LogP contribution in [0.25, 0.3) is 10.2 Å². The van der Waals surface area contributed by atoms with E-state index < -0.39 is 9.84 Å². The number of hydrogen-bond donors (Lipinski definition) is 0. The maximum absolute atomic E-state index is 13.3. The fourth-order valence-electron chi connectivity index (χ4n) is 3.55. The molecule has 0 bridgehead atoms. The molecular formula is C23H26ClN3O4S3. The second-order valence-corrected chi connectivity index (χ2v) is 12.6. The Morgan fingerprint density at radius 2 is 1.94 bits per heavy atom. The SMILES string of the molecule is CS(=O)(=O)c1ccc2nc(N(CCN3CCOCC3)C(=O)CCSc3ccc(Cl)cc3)sc2c1. The van der Waals surface area contributed by atoms with E-state index in [-0.39, 0.29) is 10.8 Å². The number of thioether (sulfide) groups is 1. The number of aromatic nitrogens is 1. The van der Waals surface area contributed by atoms with Crippen molar-refractivity contribution in [3.8, 4) is 0 Å². The van der Waals surface area contributed by atoms with Gasteiger partial charge in [0.2, 0.25) is 5.91 Å². The van der Waals surface area contributed by atoms with Crippen molar-refractivity contribution in [1.82, 2.24) is 9.88 Å². The number of carbonyl (C=O) groups excluding carboxylic acids is 1. The first-order valence-corrected chi connectivity index (χ1v) is 15.0. The maximum atomic E-state index is 13.3. The van der Waals surface area contributed by atoms with Crippen LogP contribution in [0.1, 0.15) is 6.42 Å². The van der Waals surface area contributed by atoms with Gasteiger partial charge in [-0.3, -0.25) is 14.6 Å². The maximum Gasteiger partial charge on any atom is 0.229 e. The van der Waals surface area contributed by atoms with Gasteiger partial charge in [0, 0.05) is 54.5 Å². The molecule has 1 amide bonds. The van der Waals surface area contributed by atoms with Crippen molar-refractivity contribution in [2.45, 2.75) is 16.2 Å². The highest BCUT2D eigenvalue weighted by atomic mass is 35.5. The molecule has 4 rings (SSSR count). The predicted molar refractivity (Wildman–Crippen MR) is 139 cm³/mol. The monoisotopic (exact) mass is 539 g/mol. The third kappa shape index (κ3) is 6.71. The van der Waals surface area contributed by atoms with E-state index >= 15 is 0 Å². The molecule has 1 fully saturated rings. The fourth-order valence-corrected chi connectivity index (χ4v) is 6.29. The van der Waals surface area contributed by atoms with E-state index in [4.69, 9.17) is 16.3 Å². The molecule has 3 aromatic rings. The minimum absolute atomic E-state index is 0.00267. The van der Waals surface area contributed by atoms with E-state index in [0.717, 1.165) is 29.2 Å². The quantitative estimate of drug-likeness (QED) is 0.377. The summed E-state index contributed by atoms with van der Waals surface area (Å²) in [6, 6.07) is 12.5. The van der Waals surface area contributed by atoms with Crippen LogP contribution in [0.3, 0.4) is 0 Å². The van der Waals surface area contributed by atoms with Gasteiger partial charge >= 0.3 is 0 Å². The fraction of sp³-hybridized carbons (Fsp3) is 0.391. The largest absolute Gasteiger partial charge is 0.379 e. The summed E-state index contributed by atoms with van der Waals surface area (Å²) in [5.41, 5.74) is 0.687. The van der Waals surface area contributed by atoms with Crippen LogP contribution in [0.4, 0.5) is 5.13 Å². The first kappa shape index (κ1) is 25.4. The molecule has 0 unspecified atom stereocenters. The number of nitrogens with zero attached hydrogens (tertiary/aromatic N) is 3. The molecule has 34 heavy (non-hydrogen) atoms. The highest BCUT2D eigenvalue weighted by molar-refractivity contribution is 7.99. The van der Waals surface area contributed by atoms with Crippen molar-refractivity contribution in [3.63, 3.8) is 0 Å². The normalized spacial score (nSPS) is 15.0. The summed E-state index contributed by atoms with van der Waals surface area (Å²) in [6.45, 7) is 4.31. The third-order valence-electron chi connectivity index (χ3n) is 5.45. The number of morpholine rings is 1. The van der Waals surface area contributed by atoms with Gasteiger partial charge in [0.1, 0.15) is 0 Å². The molecule has 2 heterocycles. The van der Waals surface area contributed by atoms with Gasteiger partial charge in [-0.05, 0) is 42.5 Å². The van der Waals surface area contributed by atoms with Gasteiger partial charge in [-0.2, -0.15) is 0 Å². The van der Waals surface area contributed by atoms with Crippen LogP contribution in [0.15, 0.2) is 52.3 Å². The van der Waals surface area contributed by atoms with Crippen molar-refractivity contribution in [1.29, 1.82) is 0 Å². The predicted octanol–water partition coefficient (Wildman–Crippen LogP) is 4.20. The van der Waals surface area contributed by atoms with Crippen molar-refractivity contribution >= 4 is 65.8 Å². The summed E-state index contributed by atoms with van der Waals surface area (Å²) >= 11 is 8.91. The Bertz CT molecular complexity index is 1240. The Labute approximate surface area is 213 Å². The van der Waals surface area contributed by atoms with Crippen LogP contribution in [0, 0.1) is 0 Å². The second kappa shape index (κ2) is 11.4. The molecule has 7 nitrogen and oxygen atoms in total. The lowest BCUT2D eigenvalue weighted by molar-refractivity contribution is -0.118. The van der Waals surface area contributed by atoms with Gasteiger partial charge in [-0.1, -0.05) is 22.9 Å². The Kier molecular flexibility index (Phi) is 8.49. The van der Waals surface area contributed by atoms with Crippen molar-refractivity contribution in [2.75, 3.05) is 56.3 Å². The van der Waals surface area contributed by atoms with E-state index in [1.807, 2.05) is 24.3 Å². The first-order valence-electron chi connectivity index (χ1n) is 10.9. The van der Waals surface area contributed by atoms with Gasteiger partial charge in [-0.15, -0.1) is 11.8 Å². The van der Waals surface area contributed by atoms with Gasteiger partial charge < -0.3 is 4.74 Å². The van der Waals surface area contributed by atoms with E-state index in [1.54, 1.807) is 34.9 Å². The molecule has 0 radical (unpaired) electrons. The van der Waals surface area contributed by atoms with Crippen molar-refractivity contribution in [3.05, 3.63) is 47.5 Å². The second-order valence-electron chi connectivity index (χ2n) is 7.95. The number of sulfone groups is 1. The lowest BCUT2D eigenvalue weighted by atomic mass is 10.3. The number of hydrogen-bond acceptors (Lipinski definition) is 8. The molecule has 0 spiro atoms. The van der Waals surface area contributed by atoms with Crippen LogP contribution in [0.5, 0.6) is 0 Å². The van der Waals surface area contributed by atoms with Gasteiger partial charge in [0.25, 0.3) is 0 Å². The van der Waals surface area contributed by atoms with Crippen LogP contribution in [-0.2, 0) is 19.4 Å². The number of amides is 1. The molecule has 1 aromatic heterocycles. The van der Waals surface area contributed by atoms with Crippen LogP contribution < -0.4 is 4.90 Å². The van der Waals surface area contributed by atoms with E-state index in [9.17, 15) is 13.2 Å². The molecule has 0 N–H and O–H groups in total. The molecular weight excluding hydrogens is 514 g/mol. The number of benzene rings is 2. The zero-order valence-electron chi connectivity index (χ0n) is 18.8. The Morgan fingerprint density at radius 3 is 2.65 bits per heavy atom. The number of ether oxygens (including phenoxy) is 1. The Morgan fingerprint density at radius 1 is 1.21 bits per heavy atom. The zero-order chi connectivity index (χ0) is 24.1. The molecule has 1 aliphatic rings. The van der Waals surface area contributed by atoms with Gasteiger partial charge in [0.15, 0.2) is 15.0 Å². The summed E-state index contributed by atoms with van der Waals surface area (Å²) < 4.78 is 30.1. The number of fused-ring (bicyclic) bond motifs is 1. The van der Waals surface area contributed by atoms with Gasteiger partial charge in [-0.25, -0.2) is 13.4 Å². The lowest BCUT2D eigenvalue weighted by Gasteiger charge is -2.29. The molecule has 182 valence electrons. The van der Waals surface area contributed by atoms with E-state index in [2.05, 4.69) is 9.88 Å². The highest BCUT2D eigenvalue weighted by Gasteiger charge is 2.22. The molecule has 0 atom stereocenters. The summed E-state index contributed by atoms with van der Waals surface area (Å²) in [5.74, 6) is 0.634. The Hall–Kier alpha value is -1.69. The summed E-state index contributed by atoms with van der Waals surface area (Å²) in [4.78, 5) is 23.3. The number of halogens is 1. The van der Waals surface area contributed by atoms with Crippen LogP contribution in [-0.4, -0.2) is 75.6 Å². The lowest BCUT2D eigenvalue weighted by Crippen LogP contribution is -2.43. The molecule has 0 saturated carbocycles. The van der Waals surface area contributed by atoms with Crippen LogP contribution >= 0.6 is 34.7 Å². The minimum Gasteiger partial charge on any atom is -0.379 e. The van der Waals surface area contributed by atoms with E-state index in [1.165, 1.54) is 17.6 Å². The van der Waals surface area contributed by atoms with E-state index in [0.29, 0.717) is 47.6 Å².